The van der Waals surface area contributed by atoms with Gasteiger partial charge >= 0.3 is 0 Å². The van der Waals surface area contributed by atoms with Gasteiger partial charge in [0.1, 0.15) is 5.69 Å². The average molecular weight is 302 g/mol. The molecule has 1 aromatic rings. The summed E-state index contributed by atoms with van der Waals surface area (Å²) in [4.78, 5) is 10.2. The second-order valence-electron chi connectivity index (χ2n) is 4.90. The van der Waals surface area contributed by atoms with E-state index in [1.165, 1.54) is 12.1 Å². The van der Waals surface area contributed by atoms with Gasteiger partial charge in [-0.05, 0) is 18.1 Å². The largest absolute Gasteiger partial charge is 0.391 e. The third kappa shape index (κ3) is 4.17. The first-order valence-corrected chi connectivity index (χ1v) is 7.92. The molecule has 1 rings (SSSR count). The Bertz CT molecular complexity index is 598. The Morgan fingerprint density at radius 1 is 1.40 bits per heavy atom. The van der Waals surface area contributed by atoms with E-state index in [1.54, 1.807) is 0 Å². The van der Waals surface area contributed by atoms with Crippen molar-refractivity contribution in [2.24, 2.45) is 5.92 Å². The average Bonchev–Trinajstić information content (AvgIpc) is 2.34. The molecule has 0 fully saturated rings. The summed E-state index contributed by atoms with van der Waals surface area (Å²) in [6.45, 7) is 3.80. The molecule has 0 aliphatic rings. The maximum atomic E-state index is 11.4. The third-order valence-electron chi connectivity index (χ3n) is 2.87. The monoisotopic (exact) mass is 302 g/mol. The number of rotatable bonds is 6. The molecule has 2 N–H and O–H groups in total. The quantitative estimate of drug-likeness (QED) is 0.607. The fourth-order valence-electron chi connectivity index (χ4n) is 1.49. The van der Waals surface area contributed by atoms with Crippen LogP contribution in [0.25, 0.3) is 0 Å². The van der Waals surface area contributed by atoms with Gasteiger partial charge in [-0.2, -0.15) is 0 Å². The zero-order chi connectivity index (χ0) is 15.5. The number of aliphatic hydroxyl groups is 1. The summed E-state index contributed by atoms with van der Waals surface area (Å²) in [6.07, 6.45) is 0.339. The van der Waals surface area contributed by atoms with E-state index in [1.807, 2.05) is 13.8 Å². The molecular formula is C12H18N2O5S. The van der Waals surface area contributed by atoms with Crippen molar-refractivity contribution < 1.29 is 18.4 Å². The third-order valence-corrected chi connectivity index (χ3v) is 3.98. The van der Waals surface area contributed by atoms with Crippen LogP contribution in [0.1, 0.15) is 13.8 Å². The molecule has 0 saturated heterocycles. The van der Waals surface area contributed by atoms with Crippen LogP contribution in [0.15, 0.2) is 23.1 Å². The van der Waals surface area contributed by atoms with E-state index < -0.39 is 20.9 Å². The van der Waals surface area contributed by atoms with Crippen LogP contribution in [0.2, 0.25) is 0 Å². The molecule has 0 aliphatic carbocycles. The van der Waals surface area contributed by atoms with E-state index in [0.717, 1.165) is 12.3 Å². The fraction of sp³-hybridized carbons (Fsp3) is 0.500. The van der Waals surface area contributed by atoms with E-state index >= 15 is 0 Å². The Hall–Kier alpha value is -1.67. The SMILES string of the molecule is CC(C)C(O)CNc1ccc(S(C)(=O)=O)cc1[N+](=O)[O-]. The fourth-order valence-corrected chi connectivity index (χ4v) is 2.13. The highest BCUT2D eigenvalue weighted by Gasteiger charge is 2.19. The highest BCUT2D eigenvalue weighted by Crippen LogP contribution is 2.27. The molecule has 8 heteroatoms. The van der Waals surface area contributed by atoms with E-state index in [4.69, 9.17) is 0 Å². The molecule has 0 bridgehead atoms. The van der Waals surface area contributed by atoms with Crippen molar-refractivity contribution >= 4 is 21.2 Å². The van der Waals surface area contributed by atoms with Gasteiger partial charge in [-0.1, -0.05) is 13.8 Å². The molecule has 112 valence electrons. The van der Waals surface area contributed by atoms with Crippen LogP contribution in [0.5, 0.6) is 0 Å². The second kappa shape index (κ2) is 6.19. The number of hydrogen-bond donors (Lipinski definition) is 2. The molecule has 20 heavy (non-hydrogen) atoms. The normalized spacial score (nSPS) is 13.2. The van der Waals surface area contributed by atoms with Gasteiger partial charge < -0.3 is 10.4 Å². The first-order valence-electron chi connectivity index (χ1n) is 6.03. The number of hydrogen-bond acceptors (Lipinski definition) is 6. The maximum absolute atomic E-state index is 11.4. The number of benzene rings is 1. The van der Waals surface area contributed by atoms with Crippen LogP contribution in [0.4, 0.5) is 11.4 Å². The minimum absolute atomic E-state index is 0.0110. The molecular weight excluding hydrogens is 284 g/mol. The predicted octanol–water partition coefficient (Wildman–Crippen LogP) is 1.43. The summed E-state index contributed by atoms with van der Waals surface area (Å²) >= 11 is 0. The number of anilines is 1. The topological polar surface area (TPSA) is 110 Å². The lowest BCUT2D eigenvalue weighted by atomic mass is 10.1. The van der Waals surface area contributed by atoms with Gasteiger partial charge in [0.05, 0.1) is 15.9 Å². The standard InChI is InChI=1S/C12H18N2O5S/c1-8(2)12(15)7-13-10-5-4-9(20(3,18)19)6-11(10)14(16)17/h4-6,8,12-13,15H,7H2,1-3H3. The maximum Gasteiger partial charge on any atom is 0.293 e. The van der Waals surface area contributed by atoms with E-state index in [0.29, 0.717) is 0 Å². The van der Waals surface area contributed by atoms with Crippen molar-refractivity contribution in [1.82, 2.24) is 0 Å². The van der Waals surface area contributed by atoms with Crippen molar-refractivity contribution in [1.29, 1.82) is 0 Å². The summed E-state index contributed by atoms with van der Waals surface area (Å²) in [5.74, 6) is 0.0110. The van der Waals surface area contributed by atoms with Crippen LogP contribution in [-0.2, 0) is 9.84 Å². The molecule has 0 heterocycles. The van der Waals surface area contributed by atoms with Gasteiger partial charge in [-0.3, -0.25) is 10.1 Å². The number of sulfone groups is 1. The van der Waals surface area contributed by atoms with Crippen molar-refractivity contribution in [3.8, 4) is 0 Å². The summed E-state index contributed by atoms with van der Waals surface area (Å²) in [6, 6.07) is 3.65. The number of aliphatic hydroxyl groups excluding tert-OH is 1. The highest BCUT2D eigenvalue weighted by molar-refractivity contribution is 7.90. The predicted molar refractivity (Wildman–Crippen MR) is 75.5 cm³/mol. The summed E-state index contributed by atoms with van der Waals surface area (Å²) in [5.41, 5.74) is -0.147. The molecule has 0 radical (unpaired) electrons. The van der Waals surface area contributed by atoms with Crippen LogP contribution in [0, 0.1) is 16.0 Å². The molecule has 1 aromatic carbocycles. The van der Waals surface area contributed by atoms with E-state index in [9.17, 15) is 23.6 Å². The number of nitrogens with one attached hydrogen (secondary N) is 1. The molecule has 0 amide bonds. The molecule has 1 unspecified atom stereocenters. The van der Waals surface area contributed by atoms with Crippen LogP contribution in [-0.4, -0.2) is 37.4 Å². The zero-order valence-electron chi connectivity index (χ0n) is 11.5. The van der Waals surface area contributed by atoms with Crippen molar-refractivity contribution in [2.45, 2.75) is 24.8 Å². The molecule has 0 aliphatic heterocycles. The number of nitro benzene ring substituents is 1. The first kappa shape index (κ1) is 16.4. The van der Waals surface area contributed by atoms with E-state index in [2.05, 4.69) is 5.32 Å². The Labute approximate surface area is 117 Å². The van der Waals surface area contributed by atoms with Crippen molar-refractivity contribution in [3.05, 3.63) is 28.3 Å². The van der Waals surface area contributed by atoms with E-state index in [-0.39, 0.29) is 28.7 Å². The van der Waals surface area contributed by atoms with Crippen LogP contribution in [0.3, 0.4) is 0 Å². The lowest BCUT2D eigenvalue weighted by Crippen LogP contribution is -2.25. The summed E-state index contributed by atoms with van der Waals surface area (Å²) < 4.78 is 22.8. The van der Waals surface area contributed by atoms with Gasteiger partial charge in [0, 0.05) is 18.9 Å². The van der Waals surface area contributed by atoms with Crippen molar-refractivity contribution in [3.63, 3.8) is 0 Å². The Morgan fingerprint density at radius 2 is 2.00 bits per heavy atom. The minimum Gasteiger partial charge on any atom is -0.391 e. The van der Waals surface area contributed by atoms with Gasteiger partial charge in [0.25, 0.3) is 5.69 Å². The Kier molecular flexibility index (Phi) is 5.07. The lowest BCUT2D eigenvalue weighted by molar-refractivity contribution is -0.384. The Morgan fingerprint density at radius 3 is 2.45 bits per heavy atom. The van der Waals surface area contributed by atoms with Gasteiger partial charge in [-0.15, -0.1) is 0 Å². The van der Waals surface area contributed by atoms with Gasteiger partial charge in [0.15, 0.2) is 9.84 Å². The molecule has 0 aromatic heterocycles. The molecule has 1 atom stereocenters. The van der Waals surface area contributed by atoms with Gasteiger partial charge in [-0.25, -0.2) is 8.42 Å². The number of nitro groups is 1. The minimum atomic E-state index is -3.50. The smallest absolute Gasteiger partial charge is 0.293 e. The molecule has 0 saturated carbocycles. The highest BCUT2D eigenvalue weighted by atomic mass is 32.2. The lowest BCUT2D eigenvalue weighted by Gasteiger charge is -2.16. The van der Waals surface area contributed by atoms with Gasteiger partial charge in [0.2, 0.25) is 0 Å². The zero-order valence-corrected chi connectivity index (χ0v) is 12.3. The summed E-state index contributed by atoms with van der Waals surface area (Å²) in [7, 11) is -3.50. The molecule has 0 spiro atoms. The van der Waals surface area contributed by atoms with Crippen molar-refractivity contribution in [2.75, 3.05) is 18.1 Å². The van der Waals surface area contributed by atoms with Crippen LogP contribution < -0.4 is 5.32 Å². The second-order valence-corrected chi connectivity index (χ2v) is 6.92. The summed E-state index contributed by atoms with van der Waals surface area (Å²) in [5, 5.41) is 23.4. The molecule has 7 nitrogen and oxygen atoms in total. The first-order chi connectivity index (χ1) is 9.12. The Balaban J connectivity index is 3.06. The van der Waals surface area contributed by atoms with Crippen LogP contribution >= 0.6 is 0 Å². The number of nitrogens with zero attached hydrogens (tertiary/aromatic N) is 1.